The zero-order valence-corrected chi connectivity index (χ0v) is 18.7. The summed E-state index contributed by atoms with van der Waals surface area (Å²) in [6, 6.07) is 6.60. The van der Waals surface area contributed by atoms with Crippen LogP contribution in [0.2, 0.25) is 0 Å². The number of nitrogens with one attached hydrogen (secondary N) is 2. The highest BCUT2D eigenvalue weighted by atomic mass is 32.2. The van der Waals surface area contributed by atoms with E-state index >= 15 is 0 Å². The molecule has 1 aliphatic carbocycles. The zero-order valence-electron chi connectivity index (χ0n) is 17.9. The molecule has 0 radical (unpaired) electrons. The number of carbonyl (C=O) groups is 2. The number of ether oxygens (including phenoxy) is 1. The summed E-state index contributed by atoms with van der Waals surface area (Å²) in [6.45, 7) is 2.88. The van der Waals surface area contributed by atoms with E-state index in [4.69, 9.17) is 4.74 Å². The lowest BCUT2D eigenvalue weighted by molar-refractivity contribution is -0.140. The van der Waals surface area contributed by atoms with Crippen molar-refractivity contribution in [2.75, 3.05) is 26.2 Å². The number of allylic oxidation sites excluding steroid dienone is 1. The van der Waals surface area contributed by atoms with Crippen LogP contribution >= 0.6 is 0 Å². The summed E-state index contributed by atoms with van der Waals surface area (Å²) < 4.78 is 32.9. The van der Waals surface area contributed by atoms with E-state index in [9.17, 15) is 18.0 Å². The molecule has 31 heavy (non-hydrogen) atoms. The normalized spacial score (nSPS) is 20.0. The molecular weight excluding hydrogens is 418 g/mol. The van der Waals surface area contributed by atoms with Gasteiger partial charge in [0.1, 0.15) is 6.23 Å². The third kappa shape index (κ3) is 6.38. The van der Waals surface area contributed by atoms with Crippen molar-refractivity contribution in [3.05, 3.63) is 41.5 Å². The lowest BCUT2D eigenvalue weighted by Crippen LogP contribution is -2.53. The van der Waals surface area contributed by atoms with E-state index in [1.807, 2.05) is 6.92 Å². The number of aryl methyl sites for hydroxylation is 1. The van der Waals surface area contributed by atoms with Gasteiger partial charge in [-0.2, -0.15) is 4.31 Å². The predicted octanol–water partition coefficient (Wildman–Crippen LogP) is 1.86. The molecule has 170 valence electrons. The van der Waals surface area contributed by atoms with Gasteiger partial charge >= 0.3 is 11.8 Å². The second-order valence-electron chi connectivity index (χ2n) is 7.93. The lowest BCUT2D eigenvalue weighted by Gasteiger charge is -2.34. The molecule has 1 heterocycles. The monoisotopic (exact) mass is 449 g/mol. The van der Waals surface area contributed by atoms with Crippen LogP contribution in [0.15, 0.2) is 40.8 Å². The van der Waals surface area contributed by atoms with Crippen LogP contribution in [0.1, 0.15) is 44.1 Å². The first-order valence-corrected chi connectivity index (χ1v) is 12.3. The quantitative estimate of drug-likeness (QED) is 0.488. The molecule has 1 aromatic rings. The third-order valence-electron chi connectivity index (χ3n) is 5.54. The SMILES string of the molecule is Cc1ccc(S(=O)(=O)N2CCCO[C@H]2CNC(=O)C(=O)NCCC2=CCCCC2)cc1. The Balaban J connectivity index is 1.52. The summed E-state index contributed by atoms with van der Waals surface area (Å²) in [5, 5.41) is 5.13. The molecule has 1 saturated heterocycles. The van der Waals surface area contributed by atoms with Crippen molar-refractivity contribution >= 4 is 21.8 Å². The van der Waals surface area contributed by atoms with Crippen molar-refractivity contribution in [3.8, 4) is 0 Å². The highest BCUT2D eigenvalue weighted by Gasteiger charge is 2.34. The molecule has 2 N–H and O–H groups in total. The fraction of sp³-hybridized carbons (Fsp3) is 0.545. The van der Waals surface area contributed by atoms with Crippen molar-refractivity contribution in [2.24, 2.45) is 0 Å². The maximum absolute atomic E-state index is 13.0. The molecule has 0 aromatic heterocycles. The molecule has 0 saturated carbocycles. The number of amides is 2. The van der Waals surface area contributed by atoms with Crippen LogP contribution in [0.3, 0.4) is 0 Å². The molecule has 0 unspecified atom stereocenters. The minimum Gasteiger partial charge on any atom is -0.360 e. The smallest absolute Gasteiger partial charge is 0.309 e. The van der Waals surface area contributed by atoms with Crippen molar-refractivity contribution < 1.29 is 22.7 Å². The Bertz CT molecular complexity index is 912. The highest BCUT2D eigenvalue weighted by Crippen LogP contribution is 2.22. The fourth-order valence-corrected chi connectivity index (χ4v) is 5.32. The number of sulfonamides is 1. The minimum atomic E-state index is -3.77. The number of carbonyl (C=O) groups excluding carboxylic acids is 2. The van der Waals surface area contributed by atoms with Gasteiger partial charge in [0.05, 0.1) is 18.0 Å². The van der Waals surface area contributed by atoms with Gasteiger partial charge in [0.15, 0.2) is 0 Å². The van der Waals surface area contributed by atoms with Gasteiger partial charge in [-0.05, 0) is 57.6 Å². The predicted molar refractivity (Wildman–Crippen MR) is 117 cm³/mol. The summed E-state index contributed by atoms with van der Waals surface area (Å²) >= 11 is 0. The fourth-order valence-electron chi connectivity index (χ4n) is 3.76. The van der Waals surface area contributed by atoms with E-state index in [0.717, 1.165) is 24.8 Å². The highest BCUT2D eigenvalue weighted by molar-refractivity contribution is 7.89. The van der Waals surface area contributed by atoms with Crippen molar-refractivity contribution in [1.29, 1.82) is 0 Å². The summed E-state index contributed by atoms with van der Waals surface area (Å²) in [5.74, 6) is -1.51. The topological polar surface area (TPSA) is 105 Å². The van der Waals surface area contributed by atoms with Crippen molar-refractivity contribution in [3.63, 3.8) is 0 Å². The van der Waals surface area contributed by atoms with Crippen LogP contribution in [0.4, 0.5) is 0 Å². The van der Waals surface area contributed by atoms with E-state index in [-0.39, 0.29) is 18.0 Å². The molecule has 0 bridgehead atoms. The van der Waals surface area contributed by atoms with Crippen molar-refractivity contribution in [2.45, 2.75) is 56.6 Å². The Morgan fingerprint density at radius 1 is 1.10 bits per heavy atom. The van der Waals surface area contributed by atoms with Gasteiger partial charge in [0, 0.05) is 13.1 Å². The van der Waals surface area contributed by atoms with Gasteiger partial charge in [-0.3, -0.25) is 9.59 Å². The third-order valence-corrected chi connectivity index (χ3v) is 7.45. The average molecular weight is 450 g/mol. The maximum atomic E-state index is 13.0. The zero-order chi connectivity index (χ0) is 22.3. The standard InChI is InChI=1S/C22H31N3O5S/c1-17-8-10-19(11-9-17)31(28,29)25-14-5-15-30-20(25)16-24-22(27)21(26)23-13-12-18-6-3-2-4-7-18/h6,8-11,20H,2-5,7,12-16H2,1H3,(H,23,26)(H,24,27)/t20-/m0/s1. The van der Waals surface area contributed by atoms with Gasteiger partial charge in [0.25, 0.3) is 0 Å². The molecule has 1 fully saturated rings. The second-order valence-corrected chi connectivity index (χ2v) is 9.82. The van der Waals surface area contributed by atoms with Gasteiger partial charge in [-0.1, -0.05) is 29.3 Å². The van der Waals surface area contributed by atoms with Crippen LogP contribution in [-0.2, 0) is 24.3 Å². The summed E-state index contributed by atoms with van der Waals surface area (Å²) in [4.78, 5) is 24.4. The number of nitrogens with zero attached hydrogens (tertiary/aromatic N) is 1. The lowest BCUT2D eigenvalue weighted by atomic mass is 9.97. The first kappa shape index (κ1) is 23.4. The Labute approximate surface area is 184 Å². The number of hydrogen-bond acceptors (Lipinski definition) is 5. The molecule has 1 atom stereocenters. The largest absolute Gasteiger partial charge is 0.360 e. The second kappa shape index (κ2) is 10.9. The number of rotatable bonds is 7. The molecule has 2 aliphatic rings. The van der Waals surface area contributed by atoms with Crippen LogP contribution in [0.25, 0.3) is 0 Å². The summed E-state index contributed by atoms with van der Waals surface area (Å²) in [7, 11) is -3.77. The summed E-state index contributed by atoms with van der Waals surface area (Å²) in [6.07, 6.45) is 7.16. The van der Waals surface area contributed by atoms with Gasteiger partial charge < -0.3 is 15.4 Å². The van der Waals surface area contributed by atoms with E-state index in [1.165, 1.54) is 22.7 Å². The van der Waals surface area contributed by atoms with Crippen LogP contribution < -0.4 is 10.6 Å². The molecule has 3 rings (SSSR count). The first-order valence-electron chi connectivity index (χ1n) is 10.8. The van der Waals surface area contributed by atoms with E-state index in [0.29, 0.717) is 19.6 Å². The van der Waals surface area contributed by atoms with E-state index in [1.54, 1.807) is 24.3 Å². The Kier molecular flexibility index (Phi) is 8.22. The van der Waals surface area contributed by atoms with Gasteiger partial charge in [-0.25, -0.2) is 8.42 Å². The van der Waals surface area contributed by atoms with Crippen molar-refractivity contribution in [1.82, 2.24) is 14.9 Å². The maximum Gasteiger partial charge on any atom is 0.309 e. The van der Waals surface area contributed by atoms with Gasteiger partial charge in [0.2, 0.25) is 10.0 Å². The Morgan fingerprint density at radius 2 is 1.84 bits per heavy atom. The molecule has 9 heteroatoms. The Morgan fingerprint density at radius 3 is 2.55 bits per heavy atom. The molecule has 8 nitrogen and oxygen atoms in total. The molecular formula is C22H31N3O5S. The molecule has 2 amide bonds. The first-order chi connectivity index (χ1) is 14.9. The number of hydrogen-bond donors (Lipinski definition) is 2. The van der Waals surface area contributed by atoms with Crippen LogP contribution in [0, 0.1) is 6.92 Å². The molecule has 0 spiro atoms. The number of benzene rings is 1. The van der Waals surface area contributed by atoms with Gasteiger partial charge in [-0.15, -0.1) is 0 Å². The summed E-state index contributed by atoms with van der Waals surface area (Å²) in [5.41, 5.74) is 2.28. The van der Waals surface area contributed by atoms with Crippen LogP contribution in [-0.4, -0.2) is 57.0 Å². The average Bonchev–Trinajstić information content (AvgIpc) is 2.78. The Hall–Kier alpha value is -2.23. The minimum absolute atomic E-state index is 0.0947. The van der Waals surface area contributed by atoms with E-state index in [2.05, 4.69) is 16.7 Å². The molecule has 1 aliphatic heterocycles. The van der Waals surface area contributed by atoms with E-state index < -0.39 is 28.1 Å². The van der Waals surface area contributed by atoms with Crippen LogP contribution in [0.5, 0.6) is 0 Å². The molecule has 1 aromatic carbocycles.